The fourth-order valence-corrected chi connectivity index (χ4v) is 4.06. The van der Waals surface area contributed by atoms with Crippen LogP contribution in [0.3, 0.4) is 0 Å². The minimum absolute atomic E-state index is 0.603. The highest BCUT2D eigenvalue weighted by Crippen LogP contribution is 2.38. The smallest absolute Gasteiger partial charge is 0.530 e. The summed E-state index contributed by atoms with van der Waals surface area (Å²) in [5.41, 5.74) is 3.62. The van der Waals surface area contributed by atoms with Gasteiger partial charge in [0.1, 0.15) is 16.8 Å². The first-order valence-corrected chi connectivity index (χ1v) is 11.0. The topological polar surface area (TPSA) is 46.2 Å². The zero-order valence-electron chi connectivity index (χ0n) is 18.9. The van der Waals surface area contributed by atoms with Crippen molar-refractivity contribution in [2.45, 2.75) is 38.9 Å². The Balaban J connectivity index is 1.66. The van der Waals surface area contributed by atoms with Crippen molar-refractivity contribution in [2.24, 2.45) is 0 Å². The molecule has 0 aliphatic rings. The molecule has 4 aromatic carbocycles. The molecule has 0 amide bonds. The Morgan fingerprint density at radius 3 is 2.09 bits per heavy atom. The number of furan rings is 1. The van der Waals surface area contributed by atoms with Gasteiger partial charge in [0.2, 0.25) is 0 Å². The molecule has 0 saturated heterocycles. The molecule has 159 valence electrons. The molecule has 5 aromatic rings. The average molecular weight is 422 g/mol. The SMILES string of the molecule is CC(C)(O)C(C)(C)[OH+][B]c1ccc(-c2cccc3oc4ccccc4c23)c2ccccc12. The molecule has 1 aromatic heterocycles. The maximum absolute atomic E-state index is 10.5. The lowest BCUT2D eigenvalue weighted by molar-refractivity contribution is -0.157. The number of para-hydroxylation sites is 1. The minimum atomic E-state index is -0.919. The number of benzene rings is 4. The molecule has 0 aliphatic carbocycles. The van der Waals surface area contributed by atoms with Crippen molar-refractivity contribution in [2.75, 3.05) is 0 Å². The molecule has 0 saturated carbocycles. The van der Waals surface area contributed by atoms with Gasteiger partial charge >= 0.3 is 7.48 Å². The van der Waals surface area contributed by atoms with E-state index in [1.54, 1.807) is 13.8 Å². The van der Waals surface area contributed by atoms with Gasteiger partial charge in [-0.2, -0.15) is 0 Å². The molecule has 1 radical (unpaired) electrons. The molecule has 2 N–H and O–H groups in total. The lowest BCUT2D eigenvalue weighted by Gasteiger charge is -2.34. The predicted molar refractivity (Wildman–Crippen MR) is 135 cm³/mol. The van der Waals surface area contributed by atoms with Gasteiger partial charge in [0.15, 0.2) is 5.60 Å². The van der Waals surface area contributed by atoms with Gasteiger partial charge in [-0.3, -0.25) is 0 Å². The van der Waals surface area contributed by atoms with E-state index in [4.69, 9.17) is 9.07 Å². The largest absolute Gasteiger partial charge is 0.625 e. The van der Waals surface area contributed by atoms with E-state index in [1.807, 2.05) is 39.5 Å². The molecule has 5 rings (SSSR count). The van der Waals surface area contributed by atoms with Gasteiger partial charge < -0.3 is 14.2 Å². The molecular weight excluding hydrogens is 395 g/mol. The van der Waals surface area contributed by atoms with Crippen LogP contribution >= 0.6 is 0 Å². The van der Waals surface area contributed by atoms with Crippen LogP contribution in [-0.2, 0) is 0 Å². The van der Waals surface area contributed by atoms with Crippen molar-refractivity contribution in [1.29, 1.82) is 0 Å². The fraction of sp³-hybridized carbons (Fsp3) is 0.214. The molecule has 0 aliphatic heterocycles. The van der Waals surface area contributed by atoms with E-state index in [1.165, 1.54) is 0 Å². The normalized spacial score (nSPS) is 12.7. The summed E-state index contributed by atoms with van der Waals surface area (Å²) in [5, 5.41) is 15.0. The maximum Gasteiger partial charge on any atom is 0.625 e. The third-order valence-electron chi connectivity index (χ3n) is 6.67. The van der Waals surface area contributed by atoms with E-state index in [9.17, 15) is 5.11 Å². The first kappa shape index (κ1) is 20.8. The first-order valence-electron chi connectivity index (χ1n) is 11.0. The van der Waals surface area contributed by atoms with Crippen molar-refractivity contribution in [3.63, 3.8) is 0 Å². The summed E-state index contributed by atoms with van der Waals surface area (Å²) >= 11 is 0. The van der Waals surface area contributed by atoms with Crippen molar-refractivity contribution in [3.8, 4) is 11.1 Å². The second kappa shape index (κ2) is 7.51. The third kappa shape index (κ3) is 3.40. The molecule has 0 atom stereocenters. The first-order chi connectivity index (χ1) is 15.3. The van der Waals surface area contributed by atoms with E-state index >= 15 is 0 Å². The standard InChI is InChI=1S/C28H27BO3/c1-27(2,30)28(3,4)32-29-23-17-16-19(18-10-5-6-11-20(18)23)21-13-9-15-25-26(21)22-12-7-8-14-24(22)31-25/h5-17,30,32H,1-4H3/q+1. The van der Waals surface area contributed by atoms with Crippen LogP contribution in [0.4, 0.5) is 0 Å². The Morgan fingerprint density at radius 1 is 0.688 bits per heavy atom. The minimum Gasteiger partial charge on any atom is -0.530 e. The van der Waals surface area contributed by atoms with E-state index in [0.29, 0.717) is 0 Å². The monoisotopic (exact) mass is 422 g/mol. The number of aliphatic hydroxyl groups is 2. The Bertz CT molecular complexity index is 1440. The highest BCUT2D eigenvalue weighted by atomic mass is 16.5. The van der Waals surface area contributed by atoms with Gasteiger partial charge in [0, 0.05) is 30.1 Å². The summed E-state index contributed by atoms with van der Waals surface area (Å²) in [6.07, 6.45) is 0. The molecule has 0 spiro atoms. The summed E-state index contributed by atoms with van der Waals surface area (Å²) in [6, 6.07) is 27.1. The zero-order chi connectivity index (χ0) is 22.5. The second-order valence-electron chi connectivity index (χ2n) is 9.40. The molecule has 1 heterocycles. The van der Waals surface area contributed by atoms with Crippen molar-refractivity contribution in [3.05, 3.63) is 78.9 Å². The molecule has 3 nitrogen and oxygen atoms in total. The highest BCUT2D eigenvalue weighted by molar-refractivity contribution is 6.51. The Hall–Kier alpha value is -3.08. The number of rotatable bonds is 5. The highest BCUT2D eigenvalue weighted by Gasteiger charge is 2.41. The summed E-state index contributed by atoms with van der Waals surface area (Å²) in [6.45, 7) is 7.48. The molecule has 0 fully saturated rings. The molecule has 32 heavy (non-hydrogen) atoms. The number of hydrogen-bond donors (Lipinski definition) is 1. The quantitative estimate of drug-likeness (QED) is 0.291. The lowest BCUT2D eigenvalue weighted by Crippen LogP contribution is -2.51. The van der Waals surface area contributed by atoms with E-state index < -0.39 is 11.2 Å². The lowest BCUT2D eigenvalue weighted by atomic mass is 9.79. The number of hydrogen-bond acceptors (Lipinski definition) is 2. The van der Waals surface area contributed by atoms with Gasteiger partial charge in [-0.1, -0.05) is 66.7 Å². The van der Waals surface area contributed by atoms with Gasteiger partial charge in [-0.25, -0.2) is 0 Å². The van der Waals surface area contributed by atoms with Crippen LogP contribution < -0.4 is 5.46 Å². The van der Waals surface area contributed by atoms with Crippen molar-refractivity contribution in [1.82, 2.24) is 0 Å². The van der Waals surface area contributed by atoms with E-state index in [-0.39, 0.29) is 0 Å². The average Bonchev–Trinajstić information content (AvgIpc) is 3.15. The molecule has 4 heteroatoms. The Morgan fingerprint density at radius 2 is 1.34 bits per heavy atom. The van der Waals surface area contributed by atoms with Gasteiger partial charge in [-0.05, 0) is 47.9 Å². The molecular formula is C28H27BO3+. The van der Waals surface area contributed by atoms with Crippen molar-refractivity contribution < 1.29 is 14.2 Å². The summed E-state index contributed by atoms with van der Waals surface area (Å²) in [5.74, 6) is 0. The Labute approximate surface area is 188 Å². The van der Waals surface area contributed by atoms with Crippen LogP contribution in [0.5, 0.6) is 0 Å². The maximum atomic E-state index is 10.5. The fourth-order valence-electron chi connectivity index (χ4n) is 4.06. The van der Waals surface area contributed by atoms with Crippen LogP contribution in [0.2, 0.25) is 0 Å². The van der Waals surface area contributed by atoms with Gasteiger partial charge in [-0.15, -0.1) is 0 Å². The predicted octanol–water partition coefficient (Wildman–Crippen LogP) is 5.73. The van der Waals surface area contributed by atoms with Crippen molar-refractivity contribution >= 4 is 45.7 Å². The number of fused-ring (bicyclic) bond motifs is 4. The summed E-state index contributed by atoms with van der Waals surface area (Å²) in [7, 11) is 1.89. The van der Waals surface area contributed by atoms with Crippen LogP contribution in [0.25, 0.3) is 43.8 Å². The second-order valence-corrected chi connectivity index (χ2v) is 9.40. The van der Waals surface area contributed by atoms with Crippen LogP contribution in [-0.4, -0.2) is 28.4 Å². The summed E-state index contributed by atoms with van der Waals surface area (Å²) < 4.78 is 10.9. The van der Waals surface area contributed by atoms with Gasteiger partial charge in [0.05, 0.1) is 0 Å². The molecule has 0 unspecified atom stereocenters. The summed E-state index contributed by atoms with van der Waals surface area (Å²) in [4.78, 5) is 0. The third-order valence-corrected chi connectivity index (χ3v) is 6.67. The van der Waals surface area contributed by atoms with E-state index in [0.717, 1.165) is 49.3 Å². The van der Waals surface area contributed by atoms with E-state index in [2.05, 4.69) is 60.7 Å². The van der Waals surface area contributed by atoms with Crippen LogP contribution in [0.1, 0.15) is 27.7 Å². The van der Waals surface area contributed by atoms with Gasteiger partial charge in [0.25, 0.3) is 0 Å². The van der Waals surface area contributed by atoms with Crippen LogP contribution in [0, 0.1) is 0 Å². The van der Waals surface area contributed by atoms with Crippen LogP contribution in [0.15, 0.2) is 83.3 Å². The molecule has 0 bridgehead atoms. The Kier molecular flexibility index (Phi) is 4.88. The zero-order valence-corrected chi connectivity index (χ0v) is 18.9.